The lowest BCUT2D eigenvalue weighted by Gasteiger charge is -2.26. The lowest BCUT2D eigenvalue weighted by Crippen LogP contribution is -2.41. The van der Waals surface area contributed by atoms with Crippen molar-refractivity contribution in [1.82, 2.24) is 14.9 Å². The van der Waals surface area contributed by atoms with Crippen molar-refractivity contribution >= 4 is 34.2 Å². The first-order valence-corrected chi connectivity index (χ1v) is 9.15. The van der Waals surface area contributed by atoms with Gasteiger partial charge in [-0.3, -0.25) is 4.79 Å². The number of fused-ring (bicyclic) bond motifs is 1. The van der Waals surface area contributed by atoms with Crippen molar-refractivity contribution in [3.05, 3.63) is 29.0 Å². The summed E-state index contributed by atoms with van der Waals surface area (Å²) in [6, 6.07) is 5.64. The van der Waals surface area contributed by atoms with Crippen LogP contribution in [0.15, 0.2) is 18.2 Å². The Hall–Kier alpha value is -1.92. The number of morpholine rings is 1. The van der Waals surface area contributed by atoms with E-state index < -0.39 is 0 Å². The van der Waals surface area contributed by atoms with Gasteiger partial charge in [0.2, 0.25) is 5.91 Å². The topological polar surface area (TPSA) is 67.4 Å². The summed E-state index contributed by atoms with van der Waals surface area (Å²) >= 11 is 6.11. The van der Waals surface area contributed by atoms with E-state index in [1.54, 1.807) is 0 Å². The molecule has 25 heavy (non-hydrogen) atoms. The highest BCUT2D eigenvalue weighted by Crippen LogP contribution is 2.39. The Morgan fingerprint density at radius 2 is 2.08 bits per heavy atom. The quantitative estimate of drug-likeness (QED) is 0.888. The lowest BCUT2D eigenvalue weighted by molar-refractivity contribution is -0.134. The van der Waals surface area contributed by atoms with E-state index in [2.05, 4.69) is 10.3 Å². The summed E-state index contributed by atoms with van der Waals surface area (Å²) in [5.74, 6) is 2.27. The van der Waals surface area contributed by atoms with E-state index in [4.69, 9.17) is 21.3 Å². The number of carbonyl (C=O) groups is 1. The molecule has 0 spiro atoms. The largest absolute Gasteiger partial charge is 0.378 e. The van der Waals surface area contributed by atoms with Gasteiger partial charge in [0.1, 0.15) is 11.6 Å². The van der Waals surface area contributed by atoms with E-state index >= 15 is 0 Å². The van der Waals surface area contributed by atoms with Crippen LogP contribution in [0, 0.1) is 0 Å². The van der Waals surface area contributed by atoms with Crippen molar-refractivity contribution in [1.29, 1.82) is 0 Å². The van der Waals surface area contributed by atoms with Crippen LogP contribution in [0.4, 0.5) is 5.82 Å². The summed E-state index contributed by atoms with van der Waals surface area (Å²) in [4.78, 5) is 23.5. The first-order valence-electron chi connectivity index (χ1n) is 8.77. The maximum atomic E-state index is 12.3. The van der Waals surface area contributed by atoms with Gasteiger partial charge in [0.15, 0.2) is 0 Å². The molecule has 2 aromatic rings. The Balaban J connectivity index is 1.47. The zero-order valence-corrected chi connectivity index (χ0v) is 14.8. The predicted octanol–water partition coefficient (Wildman–Crippen LogP) is 2.82. The maximum absolute atomic E-state index is 12.3. The van der Waals surface area contributed by atoms with E-state index in [0.717, 1.165) is 35.4 Å². The number of amides is 1. The molecule has 1 saturated heterocycles. The third kappa shape index (κ3) is 3.85. The molecule has 1 aliphatic heterocycles. The minimum Gasteiger partial charge on any atom is -0.378 e. The van der Waals surface area contributed by atoms with Crippen LogP contribution in [-0.4, -0.2) is 53.6 Å². The van der Waals surface area contributed by atoms with Crippen molar-refractivity contribution in [3.8, 4) is 0 Å². The van der Waals surface area contributed by atoms with Crippen LogP contribution in [0.5, 0.6) is 0 Å². The summed E-state index contributed by atoms with van der Waals surface area (Å²) in [6.07, 6.45) is 2.72. The van der Waals surface area contributed by atoms with E-state index in [9.17, 15) is 4.79 Å². The molecule has 1 N–H and O–H groups in total. The minimum atomic E-state index is 0.152. The van der Waals surface area contributed by atoms with Crippen LogP contribution in [0.1, 0.15) is 31.0 Å². The second kappa shape index (κ2) is 7.14. The lowest BCUT2D eigenvalue weighted by atomic mass is 10.2. The minimum absolute atomic E-state index is 0.152. The number of aromatic nitrogens is 2. The second-order valence-corrected chi connectivity index (χ2v) is 6.97. The first-order chi connectivity index (χ1) is 12.2. The van der Waals surface area contributed by atoms with Crippen LogP contribution in [-0.2, 0) is 9.53 Å². The molecule has 0 unspecified atom stereocenters. The molecule has 132 valence electrons. The summed E-state index contributed by atoms with van der Waals surface area (Å²) < 4.78 is 5.29. The SMILES string of the molecule is O=C(CCNc1nc(C2CC2)nc2cc(Cl)ccc12)N1CCOCC1. The highest BCUT2D eigenvalue weighted by atomic mass is 35.5. The van der Waals surface area contributed by atoms with E-state index in [1.165, 1.54) is 0 Å². The van der Waals surface area contributed by atoms with Gasteiger partial charge in [-0.2, -0.15) is 0 Å². The molecule has 2 heterocycles. The molecule has 6 nitrogen and oxygen atoms in total. The van der Waals surface area contributed by atoms with Crippen molar-refractivity contribution in [2.24, 2.45) is 0 Å². The molecule has 0 radical (unpaired) electrons. The molecule has 7 heteroatoms. The Kier molecular flexibility index (Phi) is 4.72. The third-order valence-corrected chi connectivity index (χ3v) is 4.85. The highest BCUT2D eigenvalue weighted by Gasteiger charge is 2.27. The van der Waals surface area contributed by atoms with Gasteiger partial charge in [-0.25, -0.2) is 9.97 Å². The summed E-state index contributed by atoms with van der Waals surface area (Å²) in [5.41, 5.74) is 0.853. The number of hydrogen-bond acceptors (Lipinski definition) is 5. The van der Waals surface area contributed by atoms with Crippen LogP contribution in [0.3, 0.4) is 0 Å². The van der Waals surface area contributed by atoms with Gasteiger partial charge in [-0.1, -0.05) is 11.6 Å². The molecule has 1 aliphatic carbocycles. The molecular weight excluding hydrogens is 340 g/mol. The van der Waals surface area contributed by atoms with Crippen LogP contribution in [0.2, 0.25) is 5.02 Å². The number of anilines is 1. The summed E-state index contributed by atoms with van der Waals surface area (Å²) in [7, 11) is 0. The van der Waals surface area contributed by atoms with Crippen LogP contribution in [0.25, 0.3) is 10.9 Å². The molecule has 1 aromatic heterocycles. The molecule has 0 atom stereocenters. The van der Waals surface area contributed by atoms with Gasteiger partial charge in [0, 0.05) is 42.4 Å². The third-order valence-electron chi connectivity index (χ3n) is 4.61. The average Bonchev–Trinajstić information content (AvgIpc) is 3.47. The van der Waals surface area contributed by atoms with Crippen molar-refractivity contribution < 1.29 is 9.53 Å². The number of carbonyl (C=O) groups excluding carboxylic acids is 1. The van der Waals surface area contributed by atoms with Crippen molar-refractivity contribution in [2.75, 3.05) is 38.2 Å². The number of nitrogens with zero attached hydrogens (tertiary/aromatic N) is 3. The molecule has 0 bridgehead atoms. The van der Waals surface area contributed by atoms with Crippen LogP contribution >= 0.6 is 11.6 Å². The fraction of sp³-hybridized carbons (Fsp3) is 0.500. The Morgan fingerprint density at radius 1 is 1.28 bits per heavy atom. The molecule has 1 amide bonds. The van der Waals surface area contributed by atoms with E-state index in [0.29, 0.717) is 50.2 Å². The molecule has 2 fully saturated rings. The molecule has 4 rings (SSSR count). The molecule has 1 aromatic carbocycles. The van der Waals surface area contributed by atoms with Gasteiger partial charge in [-0.15, -0.1) is 0 Å². The van der Waals surface area contributed by atoms with Gasteiger partial charge >= 0.3 is 0 Å². The fourth-order valence-electron chi connectivity index (χ4n) is 3.04. The van der Waals surface area contributed by atoms with Crippen molar-refractivity contribution in [2.45, 2.75) is 25.2 Å². The maximum Gasteiger partial charge on any atom is 0.224 e. The van der Waals surface area contributed by atoms with Gasteiger partial charge in [0.05, 0.1) is 18.7 Å². The number of nitrogens with one attached hydrogen (secondary N) is 1. The van der Waals surface area contributed by atoms with Gasteiger partial charge < -0.3 is 15.0 Å². The Morgan fingerprint density at radius 3 is 2.84 bits per heavy atom. The zero-order chi connectivity index (χ0) is 17.2. The monoisotopic (exact) mass is 360 g/mol. The standard InChI is InChI=1S/C18H21ClN4O2/c19-13-3-4-14-15(11-13)21-17(12-1-2-12)22-18(14)20-6-5-16(24)23-7-9-25-10-8-23/h3-4,11-12H,1-2,5-10H2,(H,20,21,22). The number of benzene rings is 1. The summed E-state index contributed by atoms with van der Waals surface area (Å²) in [6.45, 7) is 3.16. The number of hydrogen-bond donors (Lipinski definition) is 1. The Bertz CT molecular complexity index is 788. The predicted molar refractivity (Wildman–Crippen MR) is 97.0 cm³/mol. The molecular formula is C18H21ClN4O2. The number of halogens is 1. The zero-order valence-electron chi connectivity index (χ0n) is 14.0. The van der Waals surface area contributed by atoms with Crippen molar-refractivity contribution in [3.63, 3.8) is 0 Å². The van der Waals surface area contributed by atoms with Crippen LogP contribution < -0.4 is 5.32 Å². The van der Waals surface area contributed by atoms with Gasteiger partial charge in [0.25, 0.3) is 0 Å². The van der Waals surface area contributed by atoms with Gasteiger partial charge in [-0.05, 0) is 31.0 Å². The second-order valence-electron chi connectivity index (χ2n) is 6.54. The highest BCUT2D eigenvalue weighted by molar-refractivity contribution is 6.31. The number of ether oxygens (including phenoxy) is 1. The Labute approximate surface area is 151 Å². The fourth-order valence-corrected chi connectivity index (χ4v) is 3.20. The summed E-state index contributed by atoms with van der Waals surface area (Å²) in [5, 5.41) is 4.93. The molecule has 1 saturated carbocycles. The smallest absolute Gasteiger partial charge is 0.224 e. The van der Waals surface area contributed by atoms with E-state index in [-0.39, 0.29) is 5.91 Å². The van der Waals surface area contributed by atoms with E-state index in [1.807, 2.05) is 23.1 Å². The molecule has 2 aliphatic rings. The first kappa shape index (κ1) is 16.5. The number of rotatable bonds is 5. The average molecular weight is 361 g/mol. The normalized spacial score (nSPS) is 17.7.